The molecule has 1 fully saturated rings. The molecule has 2 nitrogen and oxygen atoms in total. The highest BCUT2D eigenvalue weighted by Crippen LogP contribution is 2.43. The number of aliphatic hydroxyl groups excluding tert-OH is 2. The lowest BCUT2D eigenvalue weighted by atomic mass is 9.66. The van der Waals surface area contributed by atoms with Gasteiger partial charge in [0, 0.05) is 6.61 Å². The van der Waals surface area contributed by atoms with E-state index in [1.165, 1.54) is 0 Å². The van der Waals surface area contributed by atoms with Gasteiger partial charge in [0.25, 0.3) is 0 Å². The smallest absolute Gasteiger partial charge is 0.0576 e. The van der Waals surface area contributed by atoms with Gasteiger partial charge >= 0.3 is 0 Å². The molecule has 3 unspecified atom stereocenters. The monoisotopic (exact) mass is 200 g/mol. The van der Waals surface area contributed by atoms with Gasteiger partial charge in [0.2, 0.25) is 0 Å². The average Bonchev–Trinajstić information content (AvgIpc) is 2.02. The Labute approximate surface area is 87.3 Å². The topological polar surface area (TPSA) is 40.5 Å². The normalized spacial score (nSPS) is 39.0. The predicted molar refractivity (Wildman–Crippen MR) is 58.0 cm³/mol. The first-order chi connectivity index (χ1) is 6.48. The van der Waals surface area contributed by atoms with Crippen LogP contribution in [0.4, 0.5) is 0 Å². The van der Waals surface area contributed by atoms with Crippen molar-refractivity contribution in [3.63, 3.8) is 0 Å². The van der Waals surface area contributed by atoms with Crippen LogP contribution in [0.2, 0.25) is 0 Å². The van der Waals surface area contributed by atoms with Crippen LogP contribution in [0.5, 0.6) is 0 Å². The van der Waals surface area contributed by atoms with Gasteiger partial charge in [-0.05, 0) is 42.9 Å². The maximum absolute atomic E-state index is 10.0. The van der Waals surface area contributed by atoms with Gasteiger partial charge in [-0.1, -0.05) is 20.8 Å². The van der Waals surface area contributed by atoms with Crippen LogP contribution >= 0.6 is 0 Å². The van der Waals surface area contributed by atoms with Crippen LogP contribution < -0.4 is 0 Å². The average molecular weight is 200 g/mol. The maximum atomic E-state index is 10.0. The summed E-state index contributed by atoms with van der Waals surface area (Å²) in [6.45, 7) is 6.80. The molecule has 0 aromatic carbocycles. The fraction of sp³-hybridized carbons (Fsp3) is 1.00. The molecule has 2 heteroatoms. The molecule has 3 atom stereocenters. The largest absolute Gasteiger partial charge is 0.396 e. The number of hydrogen-bond acceptors (Lipinski definition) is 2. The third-order valence-corrected chi connectivity index (χ3v) is 3.85. The van der Waals surface area contributed by atoms with Gasteiger partial charge in [-0.25, -0.2) is 0 Å². The van der Waals surface area contributed by atoms with E-state index in [2.05, 4.69) is 20.8 Å². The van der Waals surface area contributed by atoms with E-state index < -0.39 is 0 Å². The van der Waals surface area contributed by atoms with Gasteiger partial charge in [0.15, 0.2) is 0 Å². The molecular formula is C12H24O2. The molecule has 0 saturated heterocycles. The quantitative estimate of drug-likeness (QED) is 0.733. The van der Waals surface area contributed by atoms with Crippen molar-refractivity contribution in [2.24, 2.45) is 17.3 Å². The van der Waals surface area contributed by atoms with Crippen molar-refractivity contribution in [2.75, 3.05) is 6.61 Å². The molecular weight excluding hydrogens is 176 g/mol. The Morgan fingerprint density at radius 2 is 2.07 bits per heavy atom. The Morgan fingerprint density at radius 3 is 2.50 bits per heavy atom. The molecule has 0 aliphatic heterocycles. The lowest BCUT2D eigenvalue weighted by Crippen LogP contribution is -2.38. The summed E-state index contributed by atoms with van der Waals surface area (Å²) in [5, 5.41) is 19.0. The first-order valence-electron chi connectivity index (χ1n) is 5.77. The Bertz CT molecular complexity index is 179. The van der Waals surface area contributed by atoms with Crippen LogP contribution in [0.25, 0.3) is 0 Å². The molecule has 0 aromatic heterocycles. The minimum Gasteiger partial charge on any atom is -0.396 e. The zero-order valence-electron chi connectivity index (χ0n) is 9.66. The molecule has 0 spiro atoms. The lowest BCUT2D eigenvalue weighted by molar-refractivity contribution is -0.0181. The number of aliphatic hydroxyl groups is 2. The maximum Gasteiger partial charge on any atom is 0.0576 e. The van der Waals surface area contributed by atoms with E-state index in [0.717, 1.165) is 25.7 Å². The van der Waals surface area contributed by atoms with Crippen molar-refractivity contribution >= 4 is 0 Å². The van der Waals surface area contributed by atoms with Crippen LogP contribution in [0.1, 0.15) is 46.5 Å². The second kappa shape index (κ2) is 4.63. The van der Waals surface area contributed by atoms with Crippen LogP contribution in [0.15, 0.2) is 0 Å². The summed E-state index contributed by atoms with van der Waals surface area (Å²) in [5.74, 6) is 1.03. The highest BCUT2D eigenvalue weighted by Gasteiger charge is 2.37. The summed E-state index contributed by atoms with van der Waals surface area (Å²) in [4.78, 5) is 0. The fourth-order valence-electron chi connectivity index (χ4n) is 2.74. The van der Waals surface area contributed by atoms with Crippen LogP contribution in [-0.2, 0) is 0 Å². The standard InChI is InChI=1S/C12H24O2/c1-9(2)10-4-5-12(3,6-7-13)8-11(10)14/h9-11,13-14H,4-8H2,1-3H3. The van der Waals surface area contributed by atoms with Crippen molar-refractivity contribution in [1.82, 2.24) is 0 Å². The highest BCUT2D eigenvalue weighted by atomic mass is 16.3. The second-order valence-corrected chi connectivity index (χ2v) is 5.50. The van der Waals surface area contributed by atoms with Gasteiger partial charge in [0.05, 0.1) is 6.10 Å². The van der Waals surface area contributed by atoms with Crippen LogP contribution in [-0.4, -0.2) is 22.9 Å². The van der Waals surface area contributed by atoms with E-state index in [1.54, 1.807) is 0 Å². The molecule has 2 N–H and O–H groups in total. The molecule has 84 valence electrons. The molecule has 0 radical (unpaired) electrons. The van der Waals surface area contributed by atoms with Gasteiger partial charge in [-0.15, -0.1) is 0 Å². The lowest BCUT2D eigenvalue weighted by Gasteiger charge is -2.42. The Morgan fingerprint density at radius 1 is 1.43 bits per heavy atom. The summed E-state index contributed by atoms with van der Waals surface area (Å²) >= 11 is 0. The van der Waals surface area contributed by atoms with E-state index in [1.807, 2.05) is 0 Å². The Balaban J connectivity index is 2.53. The van der Waals surface area contributed by atoms with E-state index in [-0.39, 0.29) is 18.1 Å². The van der Waals surface area contributed by atoms with Gasteiger partial charge < -0.3 is 10.2 Å². The van der Waals surface area contributed by atoms with Crippen LogP contribution in [0, 0.1) is 17.3 Å². The first kappa shape index (κ1) is 12.0. The van der Waals surface area contributed by atoms with E-state index in [0.29, 0.717) is 11.8 Å². The predicted octanol–water partition coefficient (Wildman–Crippen LogP) is 2.19. The third kappa shape index (κ3) is 2.71. The molecule has 1 aliphatic carbocycles. The molecule has 0 heterocycles. The zero-order chi connectivity index (χ0) is 10.8. The van der Waals surface area contributed by atoms with Crippen molar-refractivity contribution < 1.29 is 10.2 Å². The molecule has 1 rings (SSSR count). The van der Waals surface area contributed by atoms with Gasteiger partial charge in [-0.2, -0.15) is 0 Å². The number of hydrogen-bond donors (Lipinski definition) is 2. The molecule has 0 aromatic rings. The zero-order valence-corrected chi connectivity index (χ0v) is 9.66. The summed E-state index contributed by atoms with van der Waals surface area (Å²) in [7, 11) is 0. The Kier molecular flexibility index (Phi) is 3.96. The summed E-state index contributed by atoms with van der Waals surface area (Å²) in [6.07, 6.45) is 3.77. The van der Waals surface area contributed by atoms with Crippen molar-refractivity contribution in [1.29, 1.82) is 0 Å². The molecule has 14 heavy (non-hydrogen) atoms. The Hall–Kier alpha value is -0.0800. The minimum absolute atomic E-state index is 0.166. The highest BCUT2D eigenvalue weighted by molar-refractivity contribution is 4.88. The van der Waals surface area contributed by atoms with E-state index >= 15 is 0 Å². The summed E-state index contributed by atoms with van der Waals surface area (Å²) < 4.78 is 0. The summed E-state index contributed by atoms with van der Waals surface area (Å²) in [5.41, 5.74) is 0.166. The molecule has 0 bridgehead atoms. The van der Waals surface area contributed by atoms with Crippen molar-refractivity contribution in [2.45, 2.75) is 52.6 Å². The van der Waals surface area contributed by atoms with Crippen molar-refractivity contribution in [3.8, 4) is 0 Å². The van der Waals surface area contributed by atoms with Gasteiger partial charge in [0.1, 0.15) is 0 Å². The summed E-state index contributed by atoms with van der Waals surface area (Å²) in [6, 6.07) is 0. The first-order valence-corrected chi connectivity index (χ1v) is 5.77. The fourth-order valence-corrected chi connectivity index (χ4v) is 2.74. The molecule has 0 amide bonds. The van der Waals surface area contributed by atoms with Crippen LogP contribution in [0.3, 0.4) is 0 Å². The molecule has 1 saturated carbocycles. The second-order valence-electron chi connectivity index (χ2n) is 5.50. The third-order valence-electron chi connectivity index (χ3n) is 3.85. The minimum atomic E-state index is -0.166. The van der Waals surface area contributed by atoms with Crippen molar-refractivity contribution in [3.05, 3.63) is 0 Å². The SMILES string of the molecule is CC(C)C1CCC(C)(CCO)CC1O. The molecule has 1 aliphatic rings. The van der Waals surface area contributed by atoms with Gasteiger partial charge in [-0.3, -0.25) is 0 Å². The number of rotatable bonds is 3. The van der Waals surface area contributed by atoms with E-state index in [9.17, 15) is 5.11 Å². The van der Waals surface area contributed by atoms with E-state index in [4.69, 9.17) is 5.11 Å².